The number of hydrogen-bond acceptors (Lipinski definition) is 3. The number of ether oxygens (including phenoxy) is 2. The van der Waals surface area contributed by atoms with Gasteiger partial charge in [0.1, 0.15) is 6.61 Å². The van der Waals surface area contributed by atoms with E-state index in [9.17, 15) is 0 Å². The number of nitrogens with one attached hydrogen (secondary N) is 1. The highest BCUT2D eigenvalue weighted by molar-refractivity contribution is 9.10. The molecule has 2 rings (SSSR count). The first kappa shape index (κ1) is 16.8. The number of benzene rings is 2. The molecule has 0 aliphatic rings. The van der Waals surface area contributed by atoms with E-state index >= 15 is 0 Å². The van der Waals surface area contributed by atoms with Crippen molar-refractivity contribution in [2.45, 2.75) is 27.0 Å². The van der Waals surface area contributed by atoms with Crippen LogP contribution in [0.4, 0.5) is 0 Å². The van der Waals surface area contributed by atoms with Crippen LogP contribution in [0, 0.1) is 6.92 Å². The first-order valence-corrected chi connectivity index (χ1v) is 8.21. The first-order chi connectivity index (χ1) is 10.6. The van der Waals surface area contributed by atoms with Gasteiger partial charge in [-0.25, -0.2) is 0 Å². The van der Waals surface area contributed by atoms with Gasteiger partial charge in [0, 0.05) is 6.54 Å². The van der Waals surface area contributed by atoms with Crippen LogP contribution in [-0.2, 0) is 13.2 Å². The lowest BCUT2D eigenvalue weighted by Crippen LogP contribution is -2.07. The van der Waals surface area contributed by atoms with E-state index in [2.05, 4.69) is 52.4 Å². The molecule has 0 atom stereocenters. The molecular weight excluding hydrogens is 342 g/mol. The fourth-order valence-corrected chi connectivity index (χ4v) is 2.89. The highest BCUT2D eigenvalue weighted by atomic mass is 79.9. The number of rotatable bonds is 7. The van der Waals surface area contributed by atoms with Gasteiger partial charge >= 0.3 is 0 Å². The zero-order chi connectivity index (χ0) is 15.9. The highest BCUT2D eigenvalue weighted by Crippen LogP contribution is 2.37. The molecule has 0 spiro atoms. The van der Waals surface area contributed by atoms with Crippen molar-refractivity contribution in [3.63, 3.8) is 0 Å². The van der Waals surface area contributed by atoms with E-state index in [-0.39, 0.29) is 0 Å². The number of aryl methyl sites for hydroxylation is 1. The molecule has 0 heterocycles. The largest absolute Gasteiger partial charge is 0.490 e. The molecule has 0 aliphatic carbocycles. The smallest absolute Gasteiger partial charge is 0.175 e. The third-order valence-corrected chi connectivity index (χ3v) is 3.80. The first-order valence-electron chi connectivity index (χ1n) is 7.42. The summed E-state index contributed by atoms with van der Waals surface area (Å²) in [5, 5.41) is 3.15. The molecule has 0 bridgehead atoms. The van der Waals surface area contributed by atoms with Crippen LogP contribution in [0.15, 0.2) is 40.9 Å². The van der Waals surface area contributed by atoms with Crippen molar-refractivity contribution in [1.82, 2.24) is 5.32 Å². The van der Waals surface area contributed by atoms with E-state index in [1.54, 1.807) is 0 Å². The van der Waals surface area contributed by atoms with Crippen LogP contribution in [0.2, 0.25) is 0 Å². The summed E-state index contributed by atoms with van der Waals surface area (Å²) in [6.07, 6.45) is 0. The Labute approximate surface area is 140 Å². The monoisotopic (exact) mass is 363 g/mol. The average molecular weight is 364 g/mol. The maximum absolute atomic E-state index is 6.00. The van der Waals surface area contributed by atoms with Crippen LogP contribution in [0.3, 0.4) is 0 Å². The minimum absolute atomic E-state index is 0.520. The summed E-state index contributed by atoms with van der Waals surface area (Å²) in [6, 6.07) is 12.4. The van der Waals surface area contributed by atoms with Crippen molar-refractivity contribution in [1.29, 1.82) is 0 Å². The van der Waals surface area contributed by atoms with E-state index in [0.29, 0.717) is 13.2 Å². The maximum atomic E-state index is 6.00. The van der Waals surface area contributed by atoms with Crippen LogP contribution in [0.5, 0.6) is 11.5 Å². The third-order valence-electron chi connectivity index (χ3n) is 3.22. The highest BCUT2D eigenvalue weighted by Gasteiger charge is 2.12. The second-order valence-electron chi connectivity index (χ2n) is 5.15. The van der Waals surface area contributed by atoms with Crippen LogP contribution in [0.25, 0.3) is 0 Å². The Hall–Kier alpha value is -1.52. The van der Waals surface area contributed by atoms with Crippen molar-refractivity contribution < 1.29 is 9.47 Å². The predicted molar refractivity (Wildman–Crippen MR) is 93.6 cm³/mol. The van der Waals surface area contributed by atoms with Gasteiger partial charge in [0.15, 0.2) is 11.5 Å². The summed E-state index contributed by atoms with van der Waals surface area (Å²) in [4.78, 5) is 0. The molecule has 0 radical (unpaired) electrons. The maximum Gasteiger partial charge on any atom is 0.175 e. The fourth-order valence-electron chi connectivity index (χ4n) is 2.29. The summed E-state index contributed by atoms with van der Waals surface area (Å²) in [7, 11) is 1.93. The van der Waals surface area contributed by atoms with Crippen molar-refractivity contribution in [2.24, 2.45) is 0 Å². The molecule has 0 amide bonds. The van der Waals surface area contributed by atoms with Gasteiger partial charge in [-0.05, 0) is 60.1 Å². The van der Waals surface area contributed by atoms with Crippen LogP contribution in [0.1, 0.15) is 23.6 Å². The predicted octanol–water partition coefficient (Wildman–Crippen LogP) is 4.45. The average Bonchev–Trinajstić information content (AvgIpc) is 2.47. The standard InChI is InChI=1S/C18H22BrNO2/c1-4-21-17-10-15(11-20-3)9-16(19)18(17)22-12-14-7-5-6-13(2)8-14/h5-10,20H,4,11-12H2,1-3H3. The van der Waals surface area contributed by atoms with Gasteiger partial charge in [-0.1, -0.05) is 29.8 Å². The molecule has 0 aliphatic heterocycles. The Morgan fingerprint density at radius 2 is 1.91 bits per heavy atom. The molecule has 0 aromatic heterocycles. The SMILES string of the molecule is CCOc1cc(CNC)cc(Br)c1OCc1cccc(C)c1. The summed E-state index contributed by atoms with van der Waals surface area (Å²) >= 11 is 3.59. The normalized spacial score (nSPS) is 10.5. The lowest BCUT2D eigenvalue weighted by molar-refractivity contribution is 0.267. The Kier molecular flexibility index (Phi) is 6.28. The van der Waals surface area contributed by atoms with Crippen LogP contribution in [-0.4, -0.2) is 13.7 Å². The molecule has 22 heavy (non-hydrogen) atoms. The van der Waals surface area contributed by atoms with E-state index in [0.717, 1.165) is 33.6 Å². The molecule has 3 nitrogen and oxygen atoms in total. The minimum atomic E-state index is 0.520. The topological polar surface area (TPSA) is 30.5 Å². The second kappa shape index (κ2) is 8.20. The third kappa shape index (κ3) is 4.49. The summed E-state index contributed by atoms with van der Waals surface area (Å²) in [5.74, 6) is 1.53. The Morgan fingerprint density at radius 1 is 1.09 bits per heavy atom. The lowest BCUT2D eigenvalue weighted by Gasteiger charge is -2.15. The zero-order valence-electron chi connectivity index (χ0n) is 13.3. The molecule has 118 valence electrons. The van der Waals surface area contributed by atoms with Crippen LogP contribution < -0.4 is 14.8 Å². The molecular formula is C18H22BrNO2. The fraction of sp³-hybridized carbons (Fsp3) is 0.333. The molecule has 2 aromatic carbocycles. The molecule has 1 N–H and O–H groups in total. The van der Waals surface area contributed by atoms with Gasteiger partial charge in [-0.15, -0.1) is 0 Å². The van der Waals surface area contributed by atoms with Crippen LogP contribution >= 0.6 is 15.9 Å². The summed E-state index contributed by atoms with van der Waals surface area (Å²) in [5.41, 5.74) is 3.53. The van der Waals surface area contributed by atoms with Gasteiger partial charge in [0.25, 0.3) is 0 Å². The Bertz CT molecular complexity index is 628. The Morgan fingerprint density at radius 3 is 2.59 bits per heavy atom. The van der Waals surface area contributed by atoms with E-state index in [1.165, 1.54) is 5.56 Å². The number of halogens is 1. The summed E-state index contributed by atoms with van der Waals surface area (Å²) in [6.45, 7) is 5.97. The lowest BCUT2D eigenvalue weighted by atomic mass is 10.1. The van der Waals surface area contributed by atoms with E-state index < -0.39 is 0 Å². The van der Waals surface area contributed by atoms with Crippen molar-refractivity contribution in [3.8, 4) is 11.5 Å². The molecule has 0 fully saturated rings. The molecule has 2 aromatic rings. The van der Waals surface area contributed by atoms with Gasteiger partial charge in [-0.2, -0.15) is 0 Å². The quantitative estimate of drug-likeness (QED) is 0.787. The van der Waals surface area contributed by atoms with Gasteiger partial charge in [-0.3, -0.25) is 0 Å². The van der Waals surface area contributed by atoms with E-state index in [4.69, 9.17) is 9.47 Å². The molecule has 4 heteroatoms. The summed E-state index contributed by atoms with van der Waals surface area (Å²) < 4.78 is 12.6. The molecule has 0 unspecified atom stereocenters. The molecule has 0 saturated heterocycles. The van der Waals surface area contributed by atoms with Crippen molar-refractivity contribution in [3.05, 3.63) is 57.6 Å². The van der Waals surface area contributed by atoms with Gasteiger partial charge < -0.3 is 14.8 Å². The minimum Gasteiger partial charge on any atom is -0.490 e. The van der Waals surface area contributed by atoms with Gasteiger partial charge in [0.2, 0.25) is 0 Å². The van der Waals surface area contributed by atoms with Gasteiger partial charge in [0.05, 0.1) is 11.1 Å². The number of hydrogen-bond donors (Lipinski definition) is 1. The van der Waals surface area contributed by atoms with Crippen molar-refractivity contribution in [2.75, 3.05) is 13.7 Å². The zero-order valence-corrected chi connectivity index (χ0v) is 14.9. The van der Waals surface area contributed by atoms with E-state index in [1.807, 2.05) is 26.1 Å². The molecule has 0 saturated carbocycles. The Balaban J connectivity index is 2.21. The second-order valence-corrected chi connectivity index (χ2v) is 6.00. The van der Waals surface area contributed by atoms with Crippen molar-refractivity contribution >= 4 is 15.9 Å².